The van der Waals surface area contributed by atoms with E-state index in [1.165, 1.54) is 30.3 Å². The highest BCUT2D eigenvalue weighted by Gasteiger charge is 2.19. The smallest absolute Gasteiger partial charge is 0.288 e. The molecule has 1 amide bonds. The van der Waals surface area contributed by atoms with Gasteiger partial charge in [-0.25, -0.2) is 8.42 Å². The van der Waals surface area contributed by atoms with Crippen LogP contribution in [0.1, 0.15) is 10.4 Å². The average molecular weight is 355 g/mol. The van der Waals surface area contributed by atoms with E-state index in [1.54, 1.807) is 6.07 Å². The first kappa shape index (κ1) is 16.9. The Balaban J connectivity index is 2.38. The van der Waals surface area contributed by atoms with Gasteiger partial charge < -0.3 is 5.32 Å². The summed E-state index contributed by atoms with van der Waals surface area (Å²) in [7, 11) is -3.53. The quantitative estimate of drug-likeness (QED) is 0.671. The van der Waals surface area contributed by atoms with Gasteiger partial charge in [0.25, 0.3) is 11.6 Å². The number of hydrogen-bond donors (Lipinski definition) is 1. The van der Waals surface area contributed by atoms with Crippen LogP contribution in [0, 0.1) is 10.1 Å². The number of para-hydroxylation sites is 1. The van der Waals surface area contributed by atoms with Crippen molar-refractivity contribution < 1.29 is 18.1 Å². The number of hydrogen-bond acceptors (Lipinski definition) is 5. The Morgan fingerprint density at radius 1 is 1.22 bits per heavy atom. The van der Waals surface area contributed by atoms with Gasteiger partial charge in [-0.3, -0.25) is 14.9 Å². The summed E-state index contributed by atoms with van der Waals surface area (Å²) >= 11 is 5.69. The summed E-state index contributed by atoms with van der Waals surface area (Å²) in [4.78, 5) is 22.3. The zero-order valence-electron chi connectivity index (χ0n) is 11.8. The lowest BCUT2D eigenvalue weighted by Crippen LogP contribution is -2.14. The predicted octanol–water partition coefficient (Wildman–Crippen LogP) is 2.90. The number of rotatable bonds is 4. The Morgan fingerprint density at radius 2 is 1.87 bits per heavy atom. The molecule has 0 atom stereocenters. The van der Waals surface area contributed by atoms with Gasteiger partial charge in [0.15, 0.2) is 9.84 Å². The molecule has 0 aromatic heterocycles. The third kappa shape index (κ3) is 3.85. The predicted molar refractivity (Wildman–Crippen MR) is 85.6 cm³/mol. The molecule has 0 radical (unpaired) electrons. The highest BCUT2D eigenvalue weighted by molar-refractivity contribution is 7.90. The fourth-order valence-corrected chi connectivity index (χ4v) is 2.91. The second-order valence-corrected chi connectivity index (χ2v) is 7.04. The molecule has 120 valence electrons. The van der Waals surface area contributed by atoms with Gasteiger partial charge in [-0.05, 0) is 24.3 Å². The molecule has 23 heavy (non-hydrogen) atoms. The minimum absolute atomic E-state index is 0.00981. The summed E-state index contributed by atoms with van der Waals surface area (Å²) in [5.41, 5.74) is -0.322. The van der Waals surface area contributed by atoms with Gasteiger partial charge in [-0.15, -0.1) is 0 Å². The van der Waals surface area contributed by atoms with Crippen molar-refractivity contribution in [1.29, 1.82) is 0 Å². The standard InChI is InChI=1S/C14H11ClN2O5S/c1-23(21,22)13-5-3-2-4-11(13)16-14(18)9-6-7-10(15)12(8-9)17(19)20/h2-8H,1H3,(H,16,18). The van der Waals surface area contributed by atoms with E-state index < -0.39 is 26.4 Å². The van der Waals surface area contributed by atoms with Crippen LogP contribution in [-0.2, 0) is 9.84 Å². The maximum Gasteiger partial charge on any atom is 0.288 e. The minimum Gasteiger partial charge on any atom is -0.321 e. The van der Waals surface area contributed by atoms with Gasteiger partial charge in [0, 0.05) is 17.9 Å². The first-order valence-corrected chi connectivity index (χ1v) is 8.51. The first-order valence-electron chi connectivity index (χ1n) is 6.24. The number of carbonyl (C=O) groups is 1. The number of halogens is 1. The third-order valence-corrected chi connectivity index (χ3v) is 4.41. The Labute approximate surface area is 137 Å². The van der Waals surface area contributed by atoms with Crippen LogP contribution in [0.25, 0.3) is 0 Å². The molecular weight excluding hydrogens is 344 g/mol. The number of carbonyl (C=O) groups excluding carboxylic acids is 1. The molecule has 0 heterocycles. The maximum absolute atomic E-state index is 12.2. The van der Waals surface area contributed by atoms with Crippen LogP contribution in [0.2, 0.25) is 5.02 Å². The number of sulfone groups is 1. The number of nitrogens with zero attached hydrogens (tertiary/aromatic N) is 1. The van der Waals surface area contributed by atoms with Gasteiger partial charge in [-0.2, -0.15) is 0 Å². The van der Waals surface area contributed by atoms with Crippen molar-refractivity contribution >= 4 is 38.7 Å². The zero-order valence-corrected chi connectivity index (χ0v) is 13.4. The van der Waals surface area contributed by atoms with E-state index in [9.17, 15) is 23.3 Å². The Hall–Kier alpha value is -2.45. The molecule has 0 spiro atoms. The Kier molecular flexibility index (Phi) is 4.67. The van der Waals surface area contributed by atoms with Crippen LogP contribution >= 0.6 is 11.6 Å². The summed E-state index contributed by atoms with van der Waals surface area (Å²) in [6.07, 6.45) is 1.02. The second-order valence-electron chi connectivity index (χ2n) is 4.65. The van der Waals surface area contributed by atoms with Gasteiger partial charge in [0.2, 0.25) is 0 Å². The molecule has 2 aromatic rings. The summed E-state index contributed by atoms with van der Waals surface area (Å²) in [6.45, 7) is 0. The number of benzene rings is 2. The van der Waals surface area contributed by atoms with Gasteiger partial charge in [-0.1, -0.05) is 23.7 Å². The summed E-state index contributed by atoms with van der Waals surface area (Å²) < 4.78 is 23.4. The molecule has 1 N–H and O–H groups in total. The van der Waals surface area contributed by atoms with E-state index in [-0.39, 0.29) is 21.2 Å². The molecule has 7 nitrogen and oxygen atoms in total. The summed E-state index contributed by atoms with van der Waals surface area (Å²) in [5, 5.41) is 13.2. The van der Waals surface area contributed by atoms with Crippen molar-refractivity contribution in [2.45, 2.75) is 4.90 Å². The summed E-state index contributed by atoms with van der Waals surface area (Å²) in [6, 6.07) is 9.45. The molecule has 0 unspecified atom stereocenters. The lowest BCUT2D eigenvalue weighted by atomic mass is 10.2. The third-order valence-electron chi connectivity index (χ3n) is 2.94. The van der Waals surface area contributed by atoms with Crippen molar-refractivity contribution in [2.24, 2.45) is 0 Å². The van der Waals surface area contributed by atoms with Crippen LogP contribution in [0.3, 0.4) is 0 Å². The first-order chi connectivity index (χ1) is 10.7. The molecule has 0 fully saturated rings. The number of nitro benzene ring substituents is 1. The van der Waals surface area contributed by atoms with Gasteiger partial charge in [0.1, 0.15) is 5.02 Å². The fourth-order valence-electron chi connectivity index (χ4n) is 1.88. The molecule has 0 aliphatic heterocycles. The number of anilines is 1. The SMILES string of the molecule is CS(=O)(=O)c1ccccc1NC(=O)c1ccc(Cl)c([N+](=O)[O-])c1. The van der Waals surface area contributed by atoms with Gasteiger partial charge >= 0.3 is 0 Å². The largest absolute Gasteiger partial charge is 0.321 e. The highest BCUT2D eigenvalue weighted by atomic mass is 35.5. The zero-order chi connectivity index (χ0) is 17.2. The van der Waals surface area contributed by atoms with Crippen molar-refractivity contribution in [3.63, 3.8) is 0 Å². The van der Waals surface area contributed by atoms with Crippen molar-refractivity contribution in [3.05, 3.63) is 63.2 Å². The Bertz CT molecular complexity index is 896. The Morgan fingerprint density at radius 3 is 2.48 bits per heavy atom. The lowest BCUT2D eigenvalue weighted by Gasteiger charge is -2.09. The van der Waals surface area contributed by atoms with E-state index in [0.29, 0.717) is 0 Å². The van der Waals surface area contributed by atoms with E-state index in [1.807, 2.05) is 0 Å². The average Bonchev–Trinajstić information content (AvgIpc) is 2.46. The molecule has 2 rings (SSSR count). The highest BCUT2D eigenvalue weighted by Crippen LogP contribution is 2.26. The van der Waals surface area contributed by atoms with E-state index in [0.717, 1.165) is 12.3 Å². The molecule has 0 saturated carbocycles. The van der Waals surface area contributed by atoms with Crippen LogP contribution in [0.4, 0.5) is 11.4 Å². The normalized spacial score (nSPS) is 11.0. The molecule has 0 aliphatic carbocycles. The van der Waals surface area contributed by atoms with E-state index in [4.69, 9.17) is 11.6 Å². The van der Waals surface area contributed by atoms with E-state index in [2.05, 4.69) is 5.32 Å². The number of nitro groups is 1. The van der Waals surface area contributed by atoms with E-state index >= 15 is 0 Å². The molecule has 0 aliphatic rings. The molecule has 0 bridgehead atoms. The topological polar surface area (TPSA) is 106 Å². The van der Waals surface area contributed by atoms with Crippen molar-refractivity contribution in [3.8, 4) is 0 Å². The lowest BCUT2D eigenvalue weighted by molar-refractivity contribution is -0.384. The van der Waals surface area contributed by atoms with Crippen LogP contribution in [0.15, 0.2) is 47.4 Å². The van der Waals surface area contributed by atoms with Crippen molar-refractivity contribution in [1.82, 2.24) is 0 Å². The molecule has 2 aromatic carbocycles. The minimum atomic E-state index is -3.53. The van der Waals surface area contributed by atoms with Gasteiger partial charge in [0.05, 0.1) is 15.5 Å². The monoisotopic (exact) mass is 354 g/mol. The molecule has 9 heteroatoms. The summed E-state index contributed by atoms with van der Waals surface area (Å²) in [5.74, 6) is -0.680. The molecule has 0 saturated heterocycles. The van der Waals surface area contributed by atoms with Crippen molar-refractivity contribution in [2.75, 3.05) is 11.6 Å². The second kappa shape index (κ2) is 6.35. The fraction of sp³-hybridized carbons (Fsp3) is 0.0714. The van der Waals surface area contributed by atoms with Crippen LogP contribution < -0.4 is 5.32 Å². The molecular formula is C14H11ClN2O5S. The number of nitrogens with one attached hydrogen (secondary N) is 1. The maximum atomic E-state index is 12.2. The van der Waals surface area contributed by atoms with Crippen LogP contribution in [0.5, 0.6) is 0 Å². The number of amides is 1. The van der Waals surface area contributed by atoms with Crippen LogP contribution in [-0.4, -0.2) is 25.5 Å².